The third kappa shape index (κ3) is 0.710. The molecule has 2 fully saturated rings. The normalized spacial score (nSPS) is 56.7. The van der Waals surface area contributed by atoms with E-state index in [9.17, 15) is 5.11 Å². The summed E-state index contributed by atoms with van der Waals surface area (Å²) in [4.78, 5) is 0. The zero-order valence-corrected chi connectivity index (χ0v) is 5.88. The molecule has 2 rings (SSSR count). The molecule has 0 aromatic carbocycles. The van der Waals surface area contributed by atoms with Crippen molar-refractivity contribution in [2.24, 2.45) is 17.8 Å². The van der Waals surface area contributed by atoms with Crippen LogP contribution in [0.4, 0.5) is 0 Å². The van der Waals surface area contributed by atoms with E-state index in [1.165, 1.54) is 12.8 Å². The van der Waals surface area contributed by atoms with Crippen LogP contribution in [0.25, 0.3) is 0 Å². The van der Waals surface area contributed by atoms with E-state index in [-0.39, 0.29) is 6.10 Å². The molecular formula is C8H14O. The van der Waals surface area contributed by atoms with Gasteiger partial charge in [-0.05, 0) is 37.0 Å². The van der Waals surface area contributed by atoms with Crippen molar-refractivity contribution in [3.8, 4) is 0 Å². The molecule has 0 radical (unpaired) electrons. The molecule has 0 aromatic heterocycles. The summed E-state index contributed by atoms with van der Waals surface area (Å²) in [5.74, 6) is 2.34. The number of hydrogen-bond acceptors (Lipinski definition) is 1. The molecule has 1 N–H and O–H groups in total. The Balaban J connectivity index is 2.13. The smallest absolute Gasteiger partial charge is 0.0573 e. The fraction of sp³-hybridized carbons (Fsp3) is 1.00. The summed E-state index contributed by atoms with van der Waals surface area (Å²) in [6.07, 6.45) is 3.83. The van der Waals surface area contributed by atoms with Crippen LogP contribution in [0.1, 0.15) is 26.2 Å². The zero-order valence-electron chi connectivity index (χ0n) is 5.88. The van der Waals surface area contributed by atoms with E-state index in [1.54, 1.807) is 0 Å². The highest BCUT2D eigenvalue weighted by Crippen LogP contribution is 2.47. The van der Waals surface area contributed by atoms with Crippen LogP contribution in [0.2, 0.25) is 0 Å². The molecule has 0 spiro atoms. The summed E-state index contributed by atoms with van der Waals surface area (Å²) < 4.78 is 0. The number of hydrogen-bond donors (Lipinski definition) is 1. The standard InChI is InChI=1S/C8H14O/c1-5-2-6-3-7(5)8(9)4-6/h5-9H,2-4H2,1H3/t5-,6-,7-,8+/m1/s1. The van der Waals surface area contributed by atoms with Crippen molar-refractivity contribution in [1.29, 1.82) is 0 Å². The Hall–Kier alpha value is -0.0400. The van der Waals surface area contributed by atoms with E-state index in [2.05, 4.69) is 6.92 Å². The molecule has 52 valence electrons. The van der Waals surface area contributed by atoms with E-state index in [4.69, 9.17) is 0 Å². The molecule has 0 aromatic rings. The van der Waals surface area contributed by atoms with Gasteiger partial charge in [-0.3, -0.25) is 0 Å². The van der Waals surface area contributed by atoms with E-state index >= 15 is 0 Å². The third-order valence-corrected chi connectivity index (χ3v) is 3.11. The average molecular weight is 126 g/mol. The Labute approximate surface area is 56.1 Å². The second-order valence-corrected chi connectivity index (χ2v) is 3.78. The quantitative estimate of drug-likeness (QED) is 0.520. The molecule has 0 saturated heterocycles. The first-order chi connectivity index (χ1) is 4.27. The highest BCUT2D eigenvalue weighted by atomic mass is 16.3. The molecule has 2 aliphatic rings. The van der Waals surface area contributed by atoms with Gasteiger partial charge in [0.25, 0.3) is 0 Å². The van der Waals surface area contributed by atoms with Gasteiger partial charge in [0.15, 0.2) is 0 Å². The van der Waals surface area contributed by atoms with Crippen molar-refractivity contribution in [3.05, 3.63) is 0 Å². The Morgan fingerprint density at radius 2 is 2.00 bits per heavy atom. The highest BCUT2D eigenvalue weighted by molar-refractivity contribution is 4.93. The number of aliphatic hydroxyl groups excluding tert-OH is 1. The summed E-state index contributed by atoms with van der Waals surface area (Å²) in [7, 11) is 0. The minimum atomic E-state index is 0.0544. The Morgan fingerprint density at radius 3 is 2.33 bits per heavy atom. The lowest BCUT2D eigenvalue weighted by Gasteiger charge is -2.21. The van der Waals surface area contributed by atoms with Crippen molar-refractivity contribution in [2.45, 2.75) is 32.3 Å². The number of rotatable bonds is 0. The number of aliphatic hydroxyl groups is 1. The third-order valence-electron chi connectivity index (χ3n) is 3.11. The molecule has 1 heteroatoms. The van der Waals surface area contributed by atoms with Crippen LogP contribution in [0.15, 0.2) is 0 Å². The van der Waals surface area contributed by atoms with E-state index in [0.717, 1.165) is 18.3 Å². The van der Waals surface area contributed by atoms with Gasteiger partial charge in [-0.15, -0.1) is 0 Å². The lowest BCUT2D eigenvalue weighted by atomic mass is 9.88. The predicted molar refractivity (Wildman–Crippen MR) is 36.0 cm³/mol. The molecule has 2 aliphatic carbocycles. The monoisotopic (exact) mass is 126 g/mol. The van der Waals surface area contributed by atoms with Gasteiger partial charge in [-0.2, -0.15) is 0 Å². The maximum Gasteiger partial charge on any atom is 0.0573 e. The Bertz CT molecular complexity index is 110. The summed E-state index contributed by atoms with van der Waals surface area (Å²) in [6.45, 7) is 2.27. The van der Waals surface area contributed by atoms with Crippen molar-refractivity contribution in [1.82, 2.24) is 0 Å². The molecule has 2 bridgehead atoms. The number of fused-ring (bicyclic) bond motifs is 2. The molecular weight excluding hydrogens is 112 g/mol. The molecule has 0 amide bonds. The highest BCUT2D eigenvalue weighted by Gasteiger charge is 2.42. The van der Waals surface area contributed by atoms with Crippen molar-refractivity contribution in [3.63, 3.8) is 0 Å². The van der Waals surface area contributed by atoms with Gasteiger partial charge in [0.05, 0.1) is 6.10 Å². The van der Waals surface area contributed by atoms with Gasteiger partial charge in [-0.25, -0.2) is 0 Å². The average Bonchev–Trinajstić information content (AvgIpc) is 2.22. The van der Waals surface area contributed by atoms with E-state index in [1.807, 2.05) is 0 Å². The molecule has 4 atom stereocenters. The van der Waals surface area contributed by atoms with Crippen LogP contribution >= 0.6 is 0 Å². The second kappa shape index (κ2) is 1.72. The maximum absolute atomic E-state index is 9.39. The Kier molecular flexibility index (Phi) is 1.10. The van der Waals surface area contributed by atoms with Crippen molar-refractivity contribution in [2.75, 3.05) is 0 Å². The SMILES string of the molecule is C[C@@H]1C[C@@H]2C[C@H]1[C@@H](O)C2. The van der Waals surface area contributed by atoms with Gasteiger partial charge < -0.3 is 5.11 Å². The van der Waals surface area contributed by atoms with Crippen molar-refractivity contribution >= 4 is 0 Å². The van der Waals surface area contributed by atoms with E-state index in [0.29, 0.717) is 5.92 Å². The van der Waals surface area contributed by atoms with Gasteiger partial charge in [0.1, 0.15) is 0 Å². The summed E-state index contributed by atoms with van der Waals surface area (Å²) in [6, 6.07) is 0. The van der Waals surface area contributed by atoms with Gasteiger partial charge >= 0.3 is 0 Å². The molecule has 9 heavy (non-hydrogen) atoms. The summed E-state index contributed by atoms with van der Waals surface area (Å²) in [5.41, 5.74) is 0. The topological polar surface area (TPSA) is 20.2 Å². The minimum absolute atomic E-state index is 0.0544. The van der Waals surface area contributed by atoms with Crippen LogP contribution in [0.5, 0.6) is 0 Å². The first-order valence-electron chi connectivity index (χ1n) is 3.95. The molecule has 1 nitrogen and oxygen atoms in total. The predicted octanol–water partition coefficient (Wildman–Crippen LogP) is 1.41. The van der Waals surface area contributed by atoms with Crippen LogP contribution in [-0.2, 0) is 0 Å². The van der Waals surface area contributed by atoms with Gasteiger partial charge in [0.2, 0.25) is 0 Å². The fourth-order valence-electron chi connectivity index (χ4n) is 2.66. The Morgan fingerprint density at radius 1 is 1.22 bits per heavy atom. The molecule has 0 aliphatic heterocycles. The van der Waals surface area contributed by atoms with Crippen LogP contribution in [0, 0.1) is 17.8 Å². The minimum Gasteiger partial charge on any atom is -0.393 e. The van der Waals surface area contributed by atoms with Crippen LogP contribution in [-0.4, -0.2) is 11.2 Å². The van der Waals surface area contributed by atoms with Crippen molar-refractivity contribution < 1.29 is 5.11 Å². The first-order valence-corrected chi connectivity index (χ1v) is 3.95. The van der Waals surface area contributed by atoms with Crippen LogP contribution < -0.4 is 0 Å². The second-order valence-electron chi connectivity index (χ2n) is 3.78. The largest absolute Gasteiger partial charge is 0.393 e. The first kappa shape index (κ1) is 5.72. The van der Waals surface area contributed by atoms with E-state index < -0.39 is 0 Å². The molecule has 2 saturated carbocycles. The van der Waals surface area contributed by atoms with Crippen LogP contribution in [0.3, 0.4) is 0 Å². The van der Waals surface area contributed by atoms with Gasteiger partial charge in [0, 0.05) is 0 Å². The zero-order chi connectivity index (χ0) is 6.43. The lowest BCUT2D eigenvalue weighted by molar-refractivity contribution is 0.0866. The summed E-state index contributed by atoms with van der Waals surface area (Å²) in [5, 5.41) is 9.39. The van der Waals surface area contributed by atoms with Gasteiger partial charge in [-0.1, -0.05) is 6.92 Å². The molecule has 0 heterocycles. The summed E-state index contributed by atoms with van der Waals surface area (Å²) >= 11 is 0. The lowest BCUT2D eigenvalue weighted by Crippen LogP contribution is -2.21. The maximum atomic E-state index is 9.39. The fourth-order valence-corrected chi connectivity index (χ4v) is 2.66. The molecule has 0 unspecified atom stereocenters.